The van der Waals surface area contributed by atoms with Crippen LogP contribution in [0.3, 0.4) is 0 Å². The average molecular weight is 1180 g/mol. The van der Waals surface area contributed by atoms with Crippen LogP contribution < -0.4 is 0 Å². The highest BCUT2D eigenvalue weighted by atomic mass is 35.7. The molecule has 12 nitrogen and oxygen atoms in total. The molecule has 4 N–H and O–H groups in total. The fourth-order valence-corrected chi connectivity index (χ4v) is 12.7. The minimum atomic E-state index is -4.00. The van der Waals surface area contributed by atoms with Crippen molar-refractivity contribution in [2.75, 3.05) is 0 Å². The molecule has 1 aliphatic rings. The van der Waals surface area contributed by atoms with Crippen LogP contribution in [0.5, 0.6) is 23.0 Å². The Labute approximate surface area is 458 Å². The molecule has 0 saturated heterocycles. The lowest BCUT2D eigenvalue weighted by atomic mass is 9.86. The quantitative estimate of drug-likeness (QED) is 0.0840. The molecule has 392 valence electrons. The highest BCUT2D eigenvalue weighted by molar-refractivity contribution is 8.14. The third-order valence-corrected chi connectivity index (χ3v) is 18.8. The fourth-order valence-electron chi connectivity index (χ4n) is 9.66. The van der Waals surface area contributed by atoms with Crippen molar-refractivity contribution < 1.29 is 54.1 Å². The fraction of sp³-hybridized carbons (Fsp3) is 0.143. The van der Waals surface area contributed by atoms with Gasteiger partial charge in [-0.3, -0.25) is 0 Å². The number of benzene rings is 8. The largest absolute Gasteiger partial charge is 0.507 e. The number of halogens is 4. The van der Waals surface area contributed by atoms with Crippen molar-refractivity contribution in [3.05, 3.63) is 235 Å². The second kappa shape index (κ2) is 21.4. The molecule has 0 heterocycles. The van der Waals surface area contributed by atoms with E-state index in [0.717, 1.165) is 22.3 Å². The summed E-state index contributed by atoms with van der Waals surface area (Å²) in [6, 6.07) is 38.5. The topological polar surface area (TPSA) is 217 Å². The summed E-state index contributed by atoms with van der Waals surface area (Å²) in [4.78, 5) is -0.322. The van der Waals surface area contributed by atoms with E-state index in [0.29, 0.717) is 66.8 Å². The summed E-state index contributed by atoms with van der Waals surface area (Å²) in [5.74, 6) is -0.455. The van der Waals surface area contributed by atoms with Gasteiger partial charge >= 0.3 is 0 Å². The molecule has 0 saturated carbocycles. The molecular weight excluding hydrogens is 1130 g/mol. The van der Waals surface area contributed by atoms with Gasteiger partial charge in [0.2, 0.25) is 0 Å². The molecule has 0 fully saturated rings. The highest BCUT2D eigenvalue weighted by Crippen LogP contribution is 2.41. The van der Waals surface area contributed by atoms with Crippen LogP contribution in [0.1, 0.15) is 89.0 Å². The van der Waals surface area contributed by atoms with E-state index >= 15 is 0 Å². The summed E-state index contributed by atoms with van der Waals surface area (Å²) >= 11 is 0. The predicted molar refractivity (Wildman–Crippen MR) is 293 cm³/mol. The average Bonchev–Trinajstić information content (AvgIpc) is 3.34. The van der Waals surface area contributed by atoms with E-state index in [1.807, 2.05) is 0 Å². The van der Waals surface area contributed by atoms with Gasteiger partial charge < -0.3 is 20.4 Å². The number of hydrogen-bond acceptors (Lipinski definition) is 12. The zero-order valence-corrected chi connectivity index (χ0v) is 46.0. The summed E-state index contributed by atoms with van der Waals surface area (Å²) in [7, 11) is 6.48. The maximum Gasteiger partial charge on any atom is 0.261 e. The van der Waals surface area contributed by atoms with Gasteiger partial charge in [0.1, 0.15) is 23.0 Å². The Morgan fingerprint density at radius 1 is 0.263 bits per heavy atom. The standard InChI is InChI=1S/C56H44Cl4O12S4/c57-73(65,66)49-9-1-33(2-10-49)17-37-21-41-29-43-23-38(18-34-3-11-50(12-4-34)74(58,67)68)25-45(54(43)62)31-47-27-40(20-36-7-15-52(16-8-36)76(60,71)72)28-48(56(47)64)32-46-26-39(19-35-5-13-51(14-6-35)75(59,69)70)24-44(55(46)63)30-42(22-37)53(41)61/h1-16,21-28,61-64H,17-20,29-32H2. The molecular formula is C56H44Cl4O12S4. The molecule has 0 amide bonds. The first-order valence-electron chi connectivity index (χ1n) is 23.2. The summed E-state index contributed by atoms with van der Waals surface area (Å²) in [5, 5.41) is 49.3. The van der Waals surface area contributed by atoms with E-state index in [9.17, 15) is 54.1 Å². The molecule has 0 radical (unpaired) electrons. The molecule has 0 aliphatic heterocycles. The van der Waals surface area contributed by atoms with Crippen LogP contribution in [0.2, 0.25) is 0 Å². The second-order valence-corrected chi connectivity index (χ2v) is 29.1. The smallest absolute Gasteiger partial charge is 0.261 e. The van der Waals surface area contributed by atoms with Crippen LogP contribution >= 0.6 is 42.7 Å². The van der Waals surface area contributed by atoms with E-state index < -0.39 is 36.2 Å². The van der Waals surface area contributed by atoms with Crippen molar-refractivity contribution >= 4 is 78.9 Å². The van der Waals surface area contributed by atoms with Crippen LogP contribution in [0.4, 0.5) is 0 Å². The van der Waals surface area contributed by atoms with Gasteiger partial charge in [-0.15, -0.1) is 0 Å². The van der Waals surface area contributed by atoms with Crippen molar-refractivity contribution in [1.82, 2.24) is 0 Å². The summed E-state index contributed by atoms with van der Waals surface area (Å²) in [5.41, 5.74) is 8.89. The van der Waals surface area contributed by atoms with Gasteiger partial charge in [-0.25, -0.2) is 33.7 Å². The van der Waals surface area contributed by atoms with E-state index in [4.69, 9.17) is 42.7 Å². The molecule has 9 rings (SSSR count). The molecule has 20 heteroatoms. The van der Waals surface area contributed by atoms with E-state index in [-0.39, 0.29) is 93.9 Å². The number of phenolic OH excluding ortho intramolecular Hbond substituents is 4. The first-order valence-corrected chi connectivity index (χ1v) is 32.5. The Kier molecular flexibility index (Phi) is 15.4. The molecule has 0 unspecified atom stereocenters. The van der Waals surface area contributed by atoms with Gasteiger partial charge in [-0.2, -0.15) is 0 Å². The van der Waals surface area contributed by atoms with Crippen molar-refractivity contribution in [2.24, 2.45) is 0 Å². The molecule has 76 heavy (non-hydrogen) atoms. The molecule has 8 bridgehead atoms. The van der Waals surface area contributed by atoms with Gasteiger partial charge in [0.25, 0.3) is 36.2 Å². The molecule has 0 aromatic heterocycles. The Balaban J connectivity index is 1.23. The van der Waals surface area contributed by atoms with E-state index in [1.54, 1.807) is 97.1 Å². The minimum absolute atomic E-state index is 0.0250. The van der Waals surface area contributed by atoms with Crippen LogP contribution in [-0.2, 0) is 87.6 Å². The summed E-state index contributed by atoms with van der Waals surface area (Å²) in [6.07, 6.45) is 0.978. The van der Waals surface area contributed by atoms with Gasteiger partial charge in [0.05, 0.1) is 19.6 Å². The third kappa shape index (κ3) is 12.8. The monoisotopic (exact) mass is 1180 g/mol. The third-order valence-electron chi connectivity index (χ3n) is 13.3. The van der Waals surface area contributed by atoms with Crippen molar-refractivity contribution in [3.63, 3.8) is 0 Å². The number of hydrogen-bond donors (Lipinski definition) is 4. The van der Waals surface area contributed by atoms with Gasteiger partial charge in [0, 0.05) is 68.4 Å². The number of rotatable bonds is 12. The SMILES string of the molecule is O=S(=O)(Cl)c1ccc(Cc2cc3c(O)c(c2)Cc2cc(Cc4ccc(S(=O)(=O)Cl)cc4)cc(c2O)Cc2cc(Cc4ccc(S(=O)(=O)Cl)cc4)cc(c2O)Cc2cc(Cc4ccc(S(=O)(=O)Cl)cc4)cc(c2O)C3)cc1. The predicted octanol–water partition coefficient (Wildman–Crippen LogP) is 11.3. The molecule has 1 aliphatic carbocycles. The van der Waals surface area contributed by atoms with Crippen LogP contribution in [0.15, 0.2) is 165 Å². The first-order chi connectivity index (χ1) is 35.7. The Bertz CT molecular complexity index is 3440. The Hall–Kier alpha value is -6.08. The van der Waals surface area contributed by atoms with Crippen LogP contribution in [0, 0.1) is 0 Å². The number of aromatic hydroxyl groups is 4. The maximum atomic E-state index is 12.3. The van der Waals surface area contributed by atoms with Gasteiger partial charge in [-0.1, -0.05) is 97.1 Å². The maximum absolute atomic E-state index is 12.3. The van der Waals surface area contributed by atoms with Gasteiger partial charge in [-0.05, 0) is 163 Å². The van der Waals surface area contributed by atoms with E-state index in [1.165, 1.54) is 48.5 Å². The Morgan fingerprint density at radius 2 is 0.408 bits per heavy atom. The van der Waals surface area contributed by atoms with Crippen molar-refractivity contribution in [2.45, 2.75) is 70.9 Å². The minimum Gasteiger partial charge on any atom is -0.507 e. The lowest BCUT2D eigenvalue weighted by molar-refractivity contribution is 0.450. The number of phenols is 4. The van der Waals surface area contributed by atoms with Crippen molar-refractivity contribution in [3.8, 4) is 23.0 Å². The Morgan fingerprint density at radius 3 is 0.539 bits per heavy atom. The lowest BCUT2D eigenvalue weighted by Gasteiger charge is -2.20. The zero-order valence-electron chi connectivity index (χ0n) is 39.7. The second-order valence-electron chi connectivity index (χ2n) is 18.8. The molecule has 8 aromatic rings. The van der Waals surface area contributed by atoms with Gasteiger partial charge in [0.15, 0.2) is 0 Å². The van der Waals surface area contributed by atoms with Crippen LogP contribution in [-0.4, -0.2) is 54.1 Å². The number of fused-ring (bicyclic) bond motifs is 8. The first kappa shape index (κ1) is 54.7. The van der Waals surface area contributed by atoms with Crippen LogP contribution in [0.25, 0.3) is 0 Å². The lowest BCUT2D eigenvalue weighted by Crippen LogP contribution is -2.05. The molecule has 0 spiro atoms. The van der Waals surface area contributed by atoms with Crippen molar-refractivity contribution in [1.29, 1.82) is 0 Å². The summed E-state index contributed by atoms with van der Waals surface area (Å²) in [6.45, 7) is 0. The summed E-state index contributed by atoms with van der Waals surface area (Å²) < 4.78 is 96.7. The molecule has 0 atom stereocenters. The van der Waals surface area contributed by atoms with E-state index in [2.05, 4.69) is 0 Å². The normalized spacial score (nSPS) is 13.1. The molecule has 8 aromatic carbocycles. The highest BCUT2D eigenvalue weighted by Gasteiger charge is 2.24. The zero-order chi connectivity index (χ0) is 54.5.